The Morgan fingerprint density at radius 2 is 2.00 bits per heavy atom. The molecule has 4 N–H and O–H groups in total. The molecular formula is C10H21ClN2O2. The SMILES string of the molecule is Cl.NCC(=O)NCC(O)C1CCCCC1. The summed E-state index contributed by atoms with van der Waals surface area (Å²) in [6, 6.07) is 0. The van der Waals surface area contributed by atoms with Gasteiger partial charge in [0.2, 0.25) is 5.91 Å². The fourth-order valence-electron chi connectivity index (χ4n) is 1.98. The van der Waals surface area contributed by atoms with Crippen LogP contribution >= 0.6 is 12.4 Å². The van der Waals surface area contributed by atoms with Crippen molar-refractivity contribution in [1.29, 1.82) is 0 Å². The van der Waals surface area contributed by atoms with Gasteiger partial charge in [-0.05, 0) is 18.8 Å². The molecular weight excluding hydrogens is 216 g/mol. The minimum Gasteiger partial charge on any atom is -0.391 e. The molecule has 0 aliphatic heterocycles. The number of rotatable bonds is 4. The maximum Gasteiger partial charge on any atom is 0.233 e. The van der Waals surface area contributed by atoms with E-state index < -0.39 is 6.10 Å². The third-order valence-electron chi connectivity index (χ3n) is 2.89. The predicted octanol–water partition coefficient (Wildman–Crippen LogP) is 0.424. The molecule has 1 unspecified atom stereocenters. The Balaban J connectivity index is 0.00000196. The van der Waals surface area contributed by atoms with Crippen LogP contribution in [-0.2, 0) is 4.79 Å². The van der Waals surface area contributed by atoms with E-state index in [1.54, 1.807) is 0 Å². The zero-order valence-electron chi connectivity index (χ0n) is 8.95. The van der Waals surface area contributed by atoms with Crippen molar-refractivity contribution in [2.75, 3.05) is 13.1 Å². The van der Waals surface area contributed by atoms with Crippen LogP contribution in [0.5, 0.6) is 0 Å². The number of aliphatic hydroxyl groups excluding tert-OH is 1. The van der Waals surface area contributed by atoms with E-state index in [-0.39, 0.29) is 24.9 Å². The summed E-state index contributed by atoms with van der Waals surface area (Å²) in [4.78, 5) is 10.9. The number of carbonyl (C=O) groups is 1. The second-order valence-electron chi connectivity index (χ2n) is 3.97. The van der Waals surface area contributed by atoms with Gasteiger partial charge in [-0.2, -0.15) is 0 Å². The molecule has 15 heavy (non-hydrogen) atoms. The number of nitrogens with two attached hydrogens (primary N) is 1. The van der Waals surface area contributed by atoms with E-state index in [1.807, 2.05) is 0 Å². The number of nitrogens with one attached hydrogen (secondary N) is 1. The fourth-order valence-corrected chi connectivity index (χ4v) is 1.98. The van der Waals surface area contributed by atoms with Crippen LogP contribution in [0, 0.1) is 5.92 Å². The Hall–Kier alpha value is -0.320. The van der Waals surface area contributed by atoms with Gasteiger partial charge in [0, 0.05) is 6.54 Å². The van der Waals surface area contributed by atoms with Crippen molar-refractivity contribution in [3.63, 3.8) is 0 Å². The van der Waals surface area contributed by atoms with Crippen LogP contribution in [0.15, 0.2) is 0 Å². The summed E-state index contributed by atoms with van der Waals surface area (Å²) in [6.07, 6.45) is 5.45. The zero-order valence-corrected chi connectivity index (χ0v) is 9.76. The summed E-state index contributed by atoms with van der Waals surface area (Å²) in [5, 5.41) is 12.4. The van der Waals surface area contributed by atoms with Gasteiger partial charge in [-0.1, -0.05) is 19.3 Å². The molecule has 0 spiro atoms. The van der Waals surface area contributed by atoms with Gasteiger partial charge in [0.05, 0.1) is 12.6 Å². The first-order valence-electron chi connectivity index (χ1n) is 5.39. The number of amides is 1. The normalized spacial score (nSPS) is 19.1. The molecule has 0 aromatic rings. The summed E-state index contributed by atoms with van der Waals surface area (Å²) in [7, 11) is 0. The van der Waals surface area contributed by atoms with E-state index in [2.05, 4.69) is 5.32 Å². The molecule has 0 heterocycles. The lowest BCUT2D eigenvalue weighted by Crippen LogP contribution is -2.39. The van der Waals surface area contributed by atoms with Gasteiger partial charge in [0.1, 0.15) is 0 Å². The molecule has 1 aliphatic rings. The Morgan fingerprint density at radius 3 is 2.53 bits per heavy atom. The summed E-state index contributed by atoms with van der Waals surface area (Å²) in [5.41, 5.74) is 5.14. The van der Waals surface area contributed by atoms with E-state index >= 15 is 0 Å². The predicted molar refractivity (Wildman–Crippen MR) is 61.9 cm³/mol. The quantitative estimate of drug-likeness (QED) is 0.663. The molecule has 1 aliphatic carbocycles. The lowest BCUT2D eigenvalue weighted by Gasteiger charge is -2.26. The third-order valence-corrected chi connectivity index (χ3v) is 2.89. The number of aliphatic hydroxyl groups is 1. The van der Waals surface area contributed by atoms with Crippen molar-refractivity contribution in [3.8, 4) is 0 Å². The molecule has 5 heteroatoms. The number of halogens is 1. The summed E-state index contributed by atoms with van der Waals surface area (Å²) in [6.45, 7) is 0.345. The van der Waals surface area contributed by atoms with E-state index in [1.165, 1.54) is 19.3 Å². The van der Waals surface area contributed by atoms with Crippen LogP contribution in [0.2, 0.25) is 0 Å². The second kappa shape index (κ2) is 7.91. The second-order valence-corrected chi connectivity index (χ2v) is 3.97. The fraction of sp³-hybridized carbons (Fsp3) is 0.900. The molecule has 1 rings (SSSR count). The van der Waals surface area contributed by atoms with Gasteiger partial charge in [-0.3, -0.25) is 4.79 Å². The van der Waals surface area contributed by atoms with Crippen molar-refractivity contribution in [2.24, 2.45) is 11.7 Å². The lowest BCUT2D eigenvalue weighted by atomic mass is 9.85. The molecule has 0 aromatic heterocycles. The lowest BCUT2D eigenvalue weighted by molar-refractivity contribution is -0.120. The first kappa shape index (κ1) is 14.7. The van der Waals surface area contributed by atoms with Gasteiger partial charge in [0.25, 0.3) is 0 Å². The topological polar surface area (TPSA) is 75.4 Å². The minimum absolute atomic E-state index is 0. The summed E-state index contributed by atoms with van der Waals surface area (Å²) in [5.74, 6) is 0.168. The molecule has 0 aromatic carbocycles. The summed E-state index contributed by atoms with van der Waals surface area (Å²) >= 11 is 0. The zero-order chi connectivity index (χ0) is 10.4. The Kier molecular flexibility index (Phi) is 7.74. The molecule has 4 nitrogen and oxygen atoms in total. The van der Waals surface area contributed by atoms with Gasteiger partial charge < -0.3 is 16.2 Å². The average Bonchev–Trinajstić information content (AvgIpc) is 2.26. The molecule has 0 bridgehead atoms. The number of carbonyl (C=O) groups excluding carboxylic acids is 1. The monoisotopic (exact) mass is 236 g/mol. The van der Waals surface area contributed by atoms with Crippen molar-refractivity contribution in [2.45, 2.75) is 38.2 Å². The molecule has 0 saturated heterocycles. The summed E-state index contributed by atoms with van der Waals surface area (Å²) < 4.78 is 0. The van der Waals surface area contributed by atoms with Gasteiger partial charge in [-0.25, -0.2) is 0 Å². The van der Waals surface area contributed by atoms with E-state index in [0.717, 1.165) is 12.8 Å². The Labute approximate surface area is 97.0 Å². The Bertz CT molecular complexity index is 184. The highest BCUT2D eigenvalue weighted by Crippen LogP contribution is 2.26. The smallest absolute Gasteiger partial charge is 0.233 e. The number of hydrogen-bond acceptors (Lipinski definition) is 3. The molecule has 0 radical (unpaired) electrons. The van der Waals surface area contributed by atoms with Crippen LogP contribution in [0.1, 0.15) is 32.1 Å². The number of hydrogen-bond donors (Lipinski definition) is 3. The van der Waals surface area contributed by atoms with Crippen molar-refractivity contribution in [1.82, 2.24) is 5.32 Å². The standard InChI is InChI=1S/C10H20N2O2.ClH/c11-6-10(14)12-7-9(13)8-4-2-1-3-5-8;/h8-9,13H,1-7,11H2,(H,12,14);1H. The minimum atomic E-state index is -0.397. The third kappa shape index (κ3) is 5.35. The van der Waals surface area contributed by atoms with Crippen LogP contribution in [0.25, 0.3) is 0 Å². The van der Waals surface area contributed by atoms with Crippen LogP contribution in [-0.4, -0.2) is 30.2 Å². The maximum atomic E-state index is 10.9. The van der Waals surface area contributed by atoms with Crippen LogP contribution in [0.3, 0.4) is 0 Å². The van der Waals surface area contributed by atoms with Crippen LogP contribution in [0.4, 0.5) is 0 Å². The highest BCUT2D eigenvalue weighted by Gasteiger charge is 2.21. The largest absolute Gasteiger partial charge is 0.391 e. The first-order chi connectivity index (χ1) is 6.74. The van der Waals surface area contributed by atoms with Gasteiger partial charge in [-0.15, -0.1) is 12.4 Å². The van der Waals surface area contributed by atoms with Gasteiger partial charge in [0.15, 0.2) is 0 Å². The van der Waals surface area contributed by atoms with Crippen molar-refractivity contribution >= 4 is 18.3 Å². The first-order valence-corrected chi connectivity index (χ1v) is 5.39. The van der Waals surface area contributed by atoms with E-state index in [0.29, 0.717) is 12.5 Å². The average molecular weight is 237 g/mol. The van der Waals surface area contributed by atoms with Crippen LogP contribution < -0.4 is 11.1 Å². The highest BCUT2D eigenvalue weighted by molar-refractivity contribution is 5.85. The van der Waals surface area contributed by atoms with Crippen molar-refractivity contribution in [3.05, 3.63) is 0 Å². The van der Waals surface area contributed by atoms with Gasteiger partial charge >= 0.3 is 0 Å². The molecule has 1 amide bonds. The molecule has 90 valence electrons. The van der Waals surface area contributed by atoms with E-state index in [9.17, 15) is 9.90 Å². The Morgan fingerprint density at radius 1 is 1.40 bits per heavy atom. The van der Waals surface area contributed by atoms with E-state index in [4.69, 9.17) is 5.73 Å². The molecule has 1 fully saturated rings. The molecule has 1 atom stereocenters. The highest BCUT2D eigenvalue weighted by atomic mass is 35.5. The maximum absolute atomic E-state index is 10.9. The van der Waals surface area contributed by atoms with Crippen molar-refractivity contribution < 1.29 is 9.90 Å². The molecule has 1 saturated carbocycles.